The summed E-state index contributed by atoms with van der Waals surface area (Å²) in [5.74, 6) is -1.45. The number of carbonyl (C=O) groups is 3. The molecule has 6 aromatic rings. The highest BCUT2D eigenvalue weighted by molar-refractivity contribution is 7.90. The topological polar surface area (TPSA) is 180 Å². The second-order valence-electron chi connectivity index (χ2n) is 16.5. The molecule has 3 aromatic carbocycles. The number of pyridine rings is 1. The number of rotatable bonds is 11. The van der Waals surface area contributed by atoms with Crippen molar-refractivity contribution in [3.63, 3.8) is 0 Å². The molecule has 1 saturated heterocycles. The van der Waals surface area contributed by atoms with Crippen molar-refractivity contribution in [2.24, 2.45) is 11.8 Å². The number of aliphatic carboxylic acids is 1. The third kappa shape index (κ3) is 8.53. The molecule has 0 bridgehead atoms. The van der Waals surface area contributed by atoms with Gasteiger partial charge in [-0.15, -0.1) is 0 Å². The molecule has 1 aliphatic carbocycles. The van der Waals surface area contributed by atoms with Crippen LogP contribution in [0.15, 0.2) is 90.0 Å². The number of hydrogen-bond donors (Lipinski definition) is 3. The van der Waals surface area contributed by atoms with Crippen molar-refractivity contribution in [2.45, 2.75) is 76.3 Å². The Bertz CT molecular complexity index is 2760. The normalized spacial score (nSPS) is 16.3. The van der Waals surface area contributed by atoms with Gasteiger partial charge in [0, 0.05) is 60.8 Å². The van der Waals surface area contributed by atoms with Crippen LogP contribution in [0.3, 0.4) is 0 Å². The number of benzene rings is 3. The predicted molar refractivity (Wildman–Crippen MR) is 239 cm³/mol. The lowest BCUT2D eigenvalue weighted by molar-refractivity contribution is -0.142. The molecule has 0 spiro atoms. The maximum absolute atomic E-state index is 14.4. The van der Waals surface area contributed by atoms with E-state index in [-0.39, 0.29) is 16.5 Å². The molecular formula is C46H48N8O6S2. The number of amides is 2. The summed E-state index contributed by atoms with van der Waals surface area (Å²) in [4.78, 5) is 53.1. The summed E-state index contributed by atoms with van der Waals surface area (Å²) in [5.41, 5.74) is 5.77. The van der Waals surface area contributed by atoms with Crippen molar-refractivity contribution >= 4 is 66.0 Å². The summed E-state index contributed by atoms with van der Waals surface area (Å²) < 4.78 is 33.3. The van der Waals surface area contributed by atoms with Crippen LogP contribution in [0.25, 0.3) is 21.3 Å². The molecule has 16 heteroatoms. The summed E-state index contributed by atoms with van der Waals surface area (Å²) in [6, 6.07) is 23.4. The fraction of sp³-hybridized carbons (Fsp3) is 0.348. The van der Waals surface area contributed by atoms with E-state index in [1.54, 1.807) is 30.5 Å². The third-order valence-electron chi connectivity index (χ3n) is 12.6. The molecule has 2 fully saturated rings. The van der Waals surface area contributed by atoms with Crippen LogP contribution < -0.4 is 19.8 Å². The summed E-state index contributed by atoms with van der Waals surface area (Å²) in [6.45, 7) is 4.55. The van der Waals surface area contributed by atoms with Gasteiger partial charge in [-0.25, -0.2) is 23.1 Å². The lowest BCUT2D eigenvalue weighted by Gasteiger charge is -2.32. The Balaban J connectivity index is 1.01. The molecule has 0 radical (unpaired) electrons. The number of anilines is 3. The van der Waals surface area contributed by atoms with Crippen molar-refractivity contribution in [3.8, 4) is 11.1 Å². The molecule has 3 aliphatic rings. The van der Waals surface area contributed by atoms with Crippen molar-refractivity contribution < 1.29 is 27.9 Å². The predicted octanol–water partition coefficient (Wildman–Crippen LogP) is 7.68. The second kappa shape index (κ2) is 17.3. The van der Waals surface area contributed by atoms with Gasteiger partial charge in [0.25, 0.3) is 21.8 Å². The molecule has 3 aromatic heterocycles. The Kier molecular flexibility index (Phi) is 11.5. The Morgan fingerprint density at radius 1 is 0.839 bits per heavy atom. The van der Waals surface area contributed by atoms with Crippen molar-refractivity contribution in [2.75, 3.05) is 34.8 Å². The molecule has 0 unspecified atom stereocenters. The van der Waals surface area contributed by atoms with Gasteiger partial charge in [-0.3, -0.25) is 24.4 Å². The van der Waals surface area contributed by atoms with Crippen molar-refractivity contribution in [3.05, 3.63) is 113 Å². The summed E-state index contributed by atoms with van der Waals surface area (Å²) in [6.07, 6.45) is 9.17. The molecule has 3 N–H and O–H groups in total. The van der Waals surface area contributed by atoms with Gasteiger partial charge in [-0.05, 0) is 105 Å². The van der Waals surface area contributed by atoms with Gasteiger partial charge < -0.3 is 14.9 Å². The molecule has 0 atom stereocenters. The molecule has 2 amide bonds. The van der Waals surface area contributed by atoms with E-state index in [1.165, 1.54) is 42.7 Å². The maximum Gasteiger partial charge on any atom is 0.306 e. The van der Waals surface area contributed by atoms with Gasteiger partial charge >= 0.3 is 5.97 Å². The Hall–Kier alpha value is -6.13. The fourth-order valence-electron chi connectivity index (χ4n) is 9.07. The molecule has 2 aliphatic heterocycles. The fourth-order valence-corrected chi connectivity index (χ4v) is 10.9. The largest absolute Gasteiger partial charge is 0.481 e. The smallest absolute Gasteiger partial charge is 0.306 e. The lowest BCUT2D eigenvalue weighted by atomic mass is 9.89. The van der Waals surface area contributed by atoms with Gasteiger partial charge in [0.2, 0.25) is 0 Å². The van der Waals surface area contributed by atoms with Crippen LogP contribution in [0.5, 0.6) is 0 Å². The first-order chi connectivity index (χ1) is 30.0. The van der Waals surface area contributed by atoms with Crippen molar-refractivity contribution in [1.82, 2.24) is 24.5 Å². The molecule has 1 saturated carbocycles. The number of carboxylic acids is 1. The summed E-state index contributed by atoms with van der Waals surface area (Å²) in [7, 11) is -4.39. The number of sulfonamides is 1. The first-order valence-electron chi connectivity index (χ1n) is 21.2. The van der Waals surface area contributed by atoms with Crippen LogP contribution >= 0.6 is 11.3 Å². The van der Waals surface area contributed by atoms with E-state index in [4.69, 9.17) is 10.1 Å². The minimum atomic E-state index is -4.39. The van der Waals surface area contributed by atoms with Crippen LogP contribution in [0, 0.1) is 18.8 Å². The third-order valence-corrected chi connectivity index (χ3v) is 14.8. The second-order valence-corrected chi connectivity index (χ2v) is 19.2. The zero-order valence-electron chi connectivity index (χ0n) is 34.4. The van der Waals surface area contributed by atoms with Crippen LogP contribution in [-0.4, -0.2) is 70.7 Å². The van der Waals surface area contributed by atoms with Crippen molar-refractivity contribution in [1.29, 1.82) is 0 Å². The zero-order chi connectivity index (χ0) is 43.0. The Morgan fingerprint density at radius 3 is 2.42 bits per heavy atom. The lowest BCUT2D eigenvalue weighted by Crippen LogP contribution is -2.36. The van der Waals surface area contributed by atoms with Crippen LogP contribution in [0.1, 0.15) is 82.6 Å². The number of thiazole rings is 1. The molecular weight excluding hydrogens is 825 g/mol. The highest BCUT2D eigenvalue weighted by Gasteiger charge is 2.30. The minimum absolute atomic E-state index is 0.0639. The van der Waals surface area contributed by atoms with Crippen LogP contribution in [-0.2, 0) is 34.3 Å². The summed E-state index contributed by atoms with van der Waals surface area (Å²) in [5, 5.41) is 17.7. The SMILES string of the molecule is Cc1c(-c2ccc(N3CCc4cccc(C(=O)Nc5nc6ccccc6s5)c4C3)nc2C(=O)NS(=O)(=O)c2cccc(N3CCC(C(=O)O)CC3)c2)cnn1CC1CCCCC1. The molecule has 320 valence electrons. The van der Waals surface area contributed by atoms with E-state index in [1.807, 2.05) is 63.9 Å². The average molecular weight is 873 g/mol. The number of para-hydroxylation sites is 1. The number of aromatic nitrogens is 4. The average Bonchev–Trinajstić information content (AvgIpc) is 3.87. The number of hydrogen-bond acceptors (Lipinski definition) is 11. The van der Waals surface area contributed by atoms with Crippen LogP contribution in [0.4, 0.5) is 16.6 Å². The highest BCUT2D eigenvalue weighted by Crippen LogP contribution is 2.34. The van der Waals surface area contributed by atoms with Gasteiger partial charge in [-0.2, -0.15) is 5.10 Å². The molecule has 9 rings (SSSR count). The summed E-state index contributed by atoms with van der Waals surface area (Å²) >= 11 is 1.41. The number of carboxylic acid groups (broad SMARTS) is 1. The molecule has 62 heavy (non-hydrogen) atoms. The maximum atomic E-state index is 14.4. The first-order valence-corrected chi connectivity index (χ1v) is 23.5. The zero-order valence-corrected chi connectivity index (χ0v) is 36.1. The van der Waals surface area contributed by atoms with E-state index >= 15 is 0 Å². The molecule has 5 heterocycles. The number of nitrogens with zero attached hydrogens (tertiary/aromatic N) is 6. The van der Waals surface area contributed by atoms with Gasteiger partial charge in [0.15, 0.2) is 5.13 Å². The van der Waals surface area contributed by atoms with Gasteiger partial charge in [0.1, 0.15) is 11.5 Å². The van der Waals surface area contributed by atoms with Crippen LogP contribution in [0.2, 0.25) is 0 Å². The van der Waals surface area contributed by atoms with E-state index in [2.05, 4.69) is 15.0 Å². The van der Waals surface area contributed by atoms with E-state index < -0.39 is 27.8 Å². The standard InChI is InChI=1S/C46H48N8O6S2/c1-29-37(26-47-54(29)27-30-9-3-2-4-10-30)35-17-18-41(49-42(35)44(56)51-62(59,60)34-13-8-12-33(25-34)52-22-20-32(21-23-52)45(57)58)53-24-19-31-11-7-14-36(38(31)28-53)43(55)50-46-48-39-15-5-6-16-40(39)61-46/h5-8,11-18,25-26,30,32H,2-4,9-10,19-24,27-28H2,1H3,(H,51,56)(H,57,58)(H,48,50,55). The number of nitrogens with one attached hydrogen (secondary N) is 2. The Labute approximate surface area is 364 Å². The first kappa shape index (κ1) is 41.2. The number of piperidine rings is 1. The highest BCUT2D eigenvalue weighted by atomic mass is 32.2. The monoisotopic (exact) mass is 872 g/mol. The van der Waals surface area contributed by atoms with E-state index in [0.717, 1.165) is 46.4 Å². The van der Waals surface area contributed by atoms with Gasteiger partial charge in [-0.1, -0.05) is 60.9 Å². The number of carbonyl (C=O) groups excluding carboxylic acids is 2. The quantitative estimate of drug-likeness (QED) is 0.116. The van der Waals surface area contributed by atoms with E-state index in [9.17, 15) is 27.9 Å². The molecule has 14 nitrogen and oxygen atoms in total. The van der Waals surface area contributed by atoms with Gasteiger partial charge in [0.05, 0.1) is 27.2 Å². The minimum Gasteiger partial charge on any atom is -0.481 e. The Morgan fingerprint density at radius 2 is 1.63 bits per heavy atom. The number of fused-ring (bicyclic) bond motifs is 2. The van der Waals surface area contributed by atoms with E-state index in [0.29, 0.717) is 84.7 Å².